The maximum absolute atomic E-state index is 15.3. The smallest absolute Gasteiger partial charge is 0.404 e. The van der Waals surface area contributed by atoms with Crippen LogP contribution in [0.4, 0.5) is 41.6 Å². The Morgan fingerprint density at radius 2 is 0.970 bits per heavy atom. The lowest BCUT2D eigenvalue weighted by molar-refractivity contribution is -0.125. The van der Waals surface area contributed by atoms with Crippen molar-refractivity contribution in [3.8, 4) is 0 Å². The third-order valence-electron chi connectivity index (χ3n) is 13.9. The second-order valence-corrected chi connectivity index (χ2v) is 19.0. The van der Waals surface area contributed by atoms with Gasteiger partial charge in [-0.25, -0.2) is 9.59 Å². The molecular weight excluding hydrogens is 905 g/mol. The van der Waals surface area contributed by atoms with Crippen molar-refractivity contribution in [3.63, 3.8) is 0 Å². The maximum atomic E-state index is 15.3. The van der Waals surface area contributed by atoms with E-state index in [1.54, 1.807) is 0 Å². The van der Waals surface area contributed by atoms with Crippen molar-refractivity contribution >= 4 is 70.5 Å². The highest BCUT2D eigenvalue weighted by molar-refractivity contribution is 6.28. The van der Waals surface area contributed by atoms with Crippen molar-refractivity contribution in [1.82, 2.24) is 51.2 Å². The van der Waals surface area contributed by atoms with E-state index in [1.165, 1.54) is 0 Å². The number of carbonyl (C=O) groups is 4. The Hall–Kier alpha value is -4.80. The topological polar surface area (TPSA) is 245 Å². The molecule has 0 radical (unpaired) electrons. The highest BCUT2D eigenvalue weighted by Gasteiger charge is 2.35. The first-order valence-corrected chi connectivity index (χ1v) is 24.1. The monoisotopic (exact) mass is 966 g/mol. The average Bonchev–Trinajstić information content (AvgIpc) is 4.16. The fraction of sp³-hybridized carbons (Fsp3) is 0.714. The van der Waals surface area contributed by atoms with E-state index in [0.29, 0.717) is 62.9 Å². The first-order valence-electron chi connectivity index (χ1n) is 23.3. The molecule has 6 aliphatic rings. The number of rotatable bonds is 16. The van der Waals surface area contributed by atoms with Gasteiger partial charge in [-0.1, -0.05) is 51.4 Å². The molecule has 2 aromatic rings. The number of hydrazine groups is 2. The molecule has 2 aliphatic carbocycles. The molecule has 4 aliphatic heterocycles. The lowest BCUT2D eigenvalue weighted by Crippen LogP contribution is -2.50. The number of hydrogen-bond acceptors (Lipinski definition) is 14. The summed E-state index contributed by atoms with van der Waals surface area (Å²) in [5.74, 6) is -2.79. The number of carbonyl (C=O) groups excluding carboxylic acids is 2. The SMILES string of the molecule is O=C(O)NC[C@@H](CC1CCCC1)C(=O)NNc1nc(Cl)nc(N2CCN3CCC[C@H]3C2)c1F.O=C(O)NC[C@@H](CC1CCCC1)C(=O)NNc1nc(Cl)nc(N2CCN3CCC[C@H]3C2)c1F. The quantitative estimate of drug-likeness (QED) is 0.0822. The van der Waals surface area contributed by atoms with Crippen LogP contribution in [0.1, 0.15) is 89.9 Å². The molecule has 20 nitrogen and oxygen atoms in total. The Bertz CT molecular complexity index is 1880. The molecule has 8 rings (SSSR count). The minimum atomic E-state index is -1.19. The fourth-order valence-corrected chi connectivity index (χ4v) is 10.8. The van der Waals surface area contributed by atoms with Gasteiger partial charge in [-0.3, -0.25) is 41.1 Å². The second-order valence-electron chi connectivity index (χ2n) is 18.3. The largest absolute Gasteiger partial charge is 0.465 e. The fourth-order valence-electron chi connectivity index (χ4n) is 10.5. The van der Waals surface area contributed by atoms with Crippen molar-refractivity contribution in [3.05, 3.63) is 22.2 Å². The van der Waals surface area contributed by atoms with Crippen LogP contribution in [-0.4, -0.2) is 141 Å². The Morgan fingerprint density at radius 3 is 1.35 bits per heavy atom. The van der Waals surface area contributed by atoms with Gasteiger partial charge in [0.05, 0.1) is 11.8 Å². The molecule has 24 heteroatoms. The summed E-state index contributed by atoms with van der Waals surface area (Å²) >= 11 is 12.1. The predicted molar refractivity (Wildman–Crippen MR) is 243 cm³/mol. The number of anilines is 4. The summed E-state index contributed by atoms with van der Waals surface area (Å²) in [6, 6.07) is 0.752. The van der Waals surface area contributed by atoms with E-state index >= 15 is 8.78 Å². The van der Waals surface area contributed by atoms with Crippen molar-refractivity contribution in [2.45, 2.75) is 102 Å². The molecule has 6 fully saturated rings. The lowest BCUT2D eigenvalue weighted by Gasteiger charge is -2.38. The molecule has 0 unspecified atom stereocenters. The average molecular weight is 968 g/mol. The molecular formula is C42H62Cl2F2N14O6. The number of halogens is 4. The van der Waals surface area contributed by atoms with Crippen LogP contribution in [0.15, 0.2) is 0 Å². The van der Waals surface area contributed by atoms with Gasteiger partial charge in [0.1, 0.15) is 0 Å². The van der Waals surface area contributed by atoms with Gasteiger partial charge in [0, 0.05) is 64.4 Å². The minimum Gasteiger partial charge on any atom is -0.465 e. The molecule has 0 aromatic carbocycles. The highest BCUT2D eigenvalue weighted by atomic mass is 35.5. The Kier molecular flexibility index (Phi) is 17.3. The third-order valence-corrected chi connectivity index (χ3v) is 14.3. The summed E-state index contributed by atoms with van der Waals surface area (Å²) in [5, 5.41) is 22.2. The van der Waals surface area contributed by atoms with Crippen molar-refractivity contribution in [1.29, 1.82) is 0 Å². The van der Waals surface area contributed by atoms with Crippen molar-refractivity contribution in [2.75, 3.05) is 86.1 Å². The zero-order valence-electron chi connectivity index (χ0n) is 37.1. The summed E-state index contributed by atoms with van der Waals surface area (Å²) in [6.45, 7) is 6.41. The van der Waals surface area contributed by atoms with Gasteiger partial charge in [-0.15, -0.1) is 0 Å². The van der Waals surface area contributed by atoms with Gasteiger partial charge in [-0.05, 0) is 86.7 Å². The van der Waals surface area contributed by atoms with Gasteiger partial charge in [0.15, 0.2) is 23.3 Å². The van der Waals surface area contributed by atoms with Crippen LogP contribution in [0.25, 0.3) is 0 Å². The number of piperazine rings is 2. The maximum Gasteiger partial charge on any atom is 0.404 e. The van der Waals surface area contributed by atoms with Crippen LogP contribution >= 0.6 is 23.2 Å². The molecule has 2 aromatic heterocycles. The van der Waals surface area contributed by atoms with E-state index in [2.05, 4.69) is 62.1 Å². The molecule has 4 amide bonds. The van der Waals surface area contributed by atoms with Gasteiger partial charge in [0.2, 0.25) is 34.0 Å². The van der Waals surface area contributed by atoms with Crippen molar-refractivity contribution in [2.24, 2.45) is 23.7 Å². The third kappa shape index (κ3) is 13.2. The summed E-state index contributed by atoms with van der Waals surface area (Å²) in [6.07, 6.45) is 11.8. The number of amides is 4. The summed E-state index contributed by atoms with van der Waals surface area (Å²) < 4.78 is 30.5. The number of fused-ring (bicyclic) bond motifs is 2. The van der Waals surface area contributed by atoms with E-state index in [-0.39, 0.29) is 46.9 Å². The van der Waals surface area contributed by atoms with E-state index < -0.39 is 47.5 Å². The Morgan fingerprint density at radius 1 is 0.576 bits per heavy atom. The van der Waals surface area contributed by atoms with Gasteiger partial charge < -0.3 is 30.6 Å². The molecule has 0 bridgehead atoms. The minimum absolute atomic E-state index is 0.0106. The van der Waals surface area contributed by atoms with Crippen LogP contribution in [0.2, 0.25) is 10.6 Å². The zero-order valence-corrected chi connectivity index (χ0v) is 38.6. The summed E-state index contributed by atoms with van der Waals surface area (Å²) in [4.78, 5) is 72.1. The highest BCUT2D eigenvalue weighted by Crippen LogP contribution is 2.33. The van der Waals surface area contributed by atoms with Gasteiger partial charge in [0.25, 0.3) is 0 Å². The molecule has 0 spiro atoms. The van der Waals surface area contributed by atoms with Crippen LogP contribution in [-0.2, 0) is 9.59 Å². The Balaban J connectivity index is 0.000000196. The van der Waals surface area contributed by atoms with Crippen molar-refractivity contribution < 1.29 is 38.2 Å². The predicted octanol–water partition coefficient (Wildman–Crippen LogP) is 4.92. The molecule has 4 saturated heterocycles. The van der Waals surface area contributed by atoms with Gasteiger partial charge in [-0.2, -0.15) is 28.7 Å². The lowest BCUT2D eigenvalue weighted by atomic mass is 9.92. The zero-order chi connectivity index (χ0) is 46.7. The molecule has 66 heavy (non-hydrogen) atoms. The van der Waals surface area contributed by atoms with E-state index in [0.717, 1.165) is 103 Å². The normalized spacial score (nSPS) is 22.1. The second kappa shape index (κ2) is 23.3. The molecule has 2 saturated carbocycles. The van der Waals surface area contributed by atoms with Crippen LogP contribution in [0, 0.1) is 35.3 Å². The van der Waals surface area contributed by atoms with Crippen LogP contribution < -0.4 is 42.1 Å². The summed E-state index contributed by atoms with van der Waals surface area (Å²) in [5.41, 5.74) is 10.1. The Labute approximate surface area is 392 Å². The van der Waals surface area contributed by atoms with E-state index in [9.17, 15) is 19.2 Å². The summed E-state index contributed by atoms with van der Waals surface area (Å²) in [7, 11) is 0. The number of nitrogens with one attached hydrogen (secondary N) is 6. The van der Waals surface area contributed by atoms with Crippen LogP contribution in [0.5, 0.6) is 0 Å². The molecule has 4 atom stereocenters. The number of hydrogen-bond donors (Lipinski definition) is 8. The van der Waals surface area contributed by atoms with E-state index in [4.69, 9.17) is 33.4 Å². The molecule has 8 N–H and O–H groups in total. The van der Waals surface area contributed by atoms with E-state index in [1.807, 2.05) is 9.80 Å². The number of nitrogens with zero attached hydrogens (tertiary/aromatic N) is 8. The molecule has 364 valence electrons. The standard InChI is InChI=1S/2C21H31ClFN7O3/c2*22-20-25-17(16(23)18(26-20)30-9-8-29-7-3-6-15(29)12-30)27-28-19(31)14(11-24-21(32)33)10-13-4-1-2-5-13/h2*13-15,24H,1-12H2,(H,28,31)(H,32,33)(H,25,26,27)/t2*14-,15+/m11/s1. The van der Waals surface area contributed by atoms with Crippen LogP contribution in [0.3, 0.4) is 0 Å². The molecule has 6 heterocycles. The van der Waals surface area contributed by atoms with Gasteiger partial charge >= 0.3 is 12.2 Å². The number of carboxylic acid groups (broad SMARTS) is 2. The first kappa shape index (κ1) is 49.1. The first-order chi connectivity index (χ1) is 31.8. The number of aromatic nitrogens is 4.